The predicted molar refractivity (Wildman–Crippen MR) is 128 cm³/mol. The summed E-state index contributed by atoms with van der Waals surface area (Å²) in [6.07, 6.45) is 0. The number of benzene rings is 2. The predicted octanol–water partition coefficient (Wildman–Crippen LogP) is 2.00. The van der Waals surface area contributed by atoms with Crippen molar-refractivity contribution in [3.8, 4) is 5.75 Å². The summed E-state index contributed by atoms with van der Waals surface area (Å²) in [6.45, 7) is 7.21. The Balaban J connectivity index is 1.48. The van der Waals surface area contributed by atoms with Crippen LogP contribution in [0.3, 0.4) is 0 Å². The summed E-state index contributed by atoms with van der Waals surface area (Å²) in [7, 11) is 3.01. The Morgan fingerprint density at radius 3 is 2.55 bits per heavy atom. The maximum atomic E-state index is 13.2. The van der Waals surface area contributed by atoms with Crippen LogP contribution in [0.25, 0.3) is 10.9 Å². The van der Waals surface area contributed by atoms with Crippen LogP contribution in [0.15, 0.2) is 42.5 Å². The number of anilines is 2. The van der Waals surface area contributed by atoms with Gasteiger partial charge in [0.15, 0.2) is 6.04 Å². The normalized spacial score (nSPS) is 15.3. The molecule has 1 aliphatic heterocycles. The van der Waals surface area contributed by atoms with Gasteiger partial charge >= 0.3 is 5.97 Å². The molecule has 0 bridgehead atoms. The van der Waals surface area contributed by atoms with Gasteiger partial charge in [-0.15, -0.1) is 0 Å². The van der Waals surface area contributed by atoms with Gasteiger partial charge in [0.05, 0.1) is 51.8 Å². The molecule has 1 saturated heterocycles. The number of piperazine rings is 1. The first-order chi connectivity index (χ1) is 15.9. The molecule has 2 heterocycles. The molecular formula is C25H31N4O4+. The van der Waals surface area contributed by atoms with Crippen molar-refractivity contribution < 1.29 is 24.0 Å². The van der Waals surface area contributed by atoms with Crippen molar-refractivity contribution in [3.63, 3.8) is 0 Å². The highest BCUT2D eigenvalue weighted by atomic mass is 16.5. The number of nitrogens with one attached hydrogen (secondary N) is 3. The van der Waals surface area contributed by atoms with Gasteiger partial charge in [0.1, 0.15) is 11.4 Å². The van der Waals surface area contributed by atoms with Crippen LogP contribution >= 0.6 is 0 Å². The molecule has 1 fully saturated rings. The molecule has 1 aliphatic rings. The van der Waals surface area contributed by atoms with Crippen LogP contribution < -0.4 is 19.9 Å². The molecule has 0 saturated carbocycles. The van der Waals surface area contributed by atoms with Crippen LogP contribution in [0, 0.1) is 6.92 Å². The average Bonchev–Trinajstić information content (AvgIpc) is 3.20. The number of quaternary nitrogens is 1. The number of aromatic nitrogens is 1. The molecule has 0 spiro atoms. The van der Waals surface area contributed by atoms with Crippen LogP contribution in [0.4, 0.5) is 11.4 Å². The molecular weight excluding hydrogens is 420 g/mol. The van der Waals surface area contributed by atoms with E-state index in [9.17, 15) is 9.59 Å². The summed E-state index contributed by atoms with van der Waals surface area (Å²) in [5.74, 6) is 0.226. The molecule has 0 aliphatic carbocycles. The van der Waals surface area contributed by atoms with Crippen LogP contribution in [0.2, 0.25) is 0 Å². The average molecular weight is 452 g/mol. The van der Waals surface area contributed by atoms with E-state index in [-0.39, 0.29) is 17.6 Å². The van der Waals surface area contributed by atoms with E-state index in [1.165, 1.54) is 12.0 Å². The second-order valence-corrected chi connectivity index (χ2v) is 8.44. The van der Waals surface area contributed by atoms with E-state index >= 15 is 0 Å². The lowest BCUT2D eigenvalue weighted by molar-refractivity contribution is -0.914. The van der Waals surface area contributed by atoms with Gasteiger partial charge in [0, 0.05) is 10.9 Å². The van der Waals surface area contributed by atoms with Gasteiger partial charge in [0.25, 0.3) is 5.91 Å². The number of para-hydroxylation sites is 2. The number of ether oxygens (including phenoxy) is 2. The van der Waals surface area contributed by atoms with Crippen molar-refractivity contribution in [2.24, 2.45) is 0 Å². The number of rotatable bonds is 6. The maximum absolute atomic E-state index is 13.2. The maximum Gasteiger partial charge on any atom is 0.356 e. The largest absolute Gasteiger partial charge is 0.495 e. The molecule has 33 heavy (non-hydrogen) atoms. The molecule has 8 heteroatoms. The van der Waals surface area contributed by atoms with Crippen molar-refractivity contribution in [2.75, 3.05) is 50.6 Å². The monoisotopic (exact) mass is 451 g/mol. The second-order valence-electron chi connectivity index (χ2n) is 8.44. The van der Waals surface area contributed by atoms with Crippen LogP contribution in [0.5, 0.6) is 5.75 Å². The summed E-state index contributed by atoms with van der Waals surface area (Å²) in [5.41, 5.74) is 3.63. The molecule has 0 unspecified atom stereocenters. The van der Waals surface area contributed by atoms with E-state index in [4.69, 9.17) is 9.47 Å². The quantitative estimate of drug-likeness (QED) is 0.499. The number of nitrogens with zero attached hydrogens (tertiary/aromatic N) is 1. The number of fused-ring (bicyclic) bond motifs is 1. The van der Waals surface area contributed by atoms with Crippen molar-refractivity contribution in [1.82, 2.24) is 4.98 Å². The Morgan fingerprint density at radius 1 is 1.12 bits per heavy atom. The number of methoxy groups -OCH3 is 2. The van der Waals surface area contributed by atoms with E-state index in [0.717, 1.165) is 54.1 Å². The molecule has 2 aromatic carbocycles. The van der Waals surface area contributed by atoms with E-state index < -0.39 is 5.97 Å². The summed E-state index contributed by atoms with van der Waals surface area (Å²) < 4.78 is 10.4. The minimum Gasteiger partial charge on any atom is -0.495 e. The lowest BCUT2D eigenvalue weighted by Crippen LogP contribution is -3.19. The molecule has 0 radical (unpaired) electrons. The number of aryl methyl sites for hydroxylation is 1. The standard InChI is InChI=1S/C25H30N4O4/c1-16-9-10-19-18(15-16)22(23(26-19)25(31)33-4)27-24(30)17(2)28-11-13-29(14-12-28)20-7-5-6-8-21(20)32-3/h5-10,15,17,26H,11-14H2,1-4H3,(H,27,30)/p+1/t17-/m1/s1. The van der Waals surface area contributed by atoms with Gasteiger partial charge < -0.3 is 29.6 Å². The lowest BCUT2D eigenvalue weighted by Gasteiger charge is -2.36. The van der Waals surface area contributed by atoms with Crippen LogP contribution in [0.1, 0.15) is 23.0 Å². The zero-order valence-electron chi connectivity index (χ0n) is 19.5. The third kappa shape index (κ3) is 4.52. The van der Waals surface area contributed by atoms with E-state index in [2.05, 4.69) is 21.3 Å². The zero-order chi connectivity index (χ0) is 23.5. The first-order valence-electron chi connectivity index (χ1n) is 11.2. The zero-order valence-corrected chi connectivity index (χ0v) is 19.5. The summed E-state index contributed by atoms with van der Waals surface area (Å²) in [6, 6.07) is 13.5. The first-order valence-corrected chi connectivity index (χ1v) is 11.2. The van der Waals surface area contributed by atoms with E-state index in [1.807, 2.05) is 50.2 Å². The molecule has 4 rings (SSSR count). The highest BCUT2D eigenvalue weighted by Crippen LogP contribution is 2.30. The molecule has 174 valence electrons. The fourth-order valence-electron chi connectivity index (χ4n) is 4.47. The Bertz CT molecular complexity index is 1160. The van der Waals surface area contributed by atoms with Crippen LogP contribution in [-0.4, -0.2) is 63.3 Å². The first kappa shape index (κ1) is 22.7. The van der Waals surface area contributed by atoms with Gasteiger partial charge in [-0.1, -0.05) is 23.8 Å². The number of aromatic amines is 1. The number of carbonyl (C=O) groups is 2. The highest BCUT2D eigenvalue weighted by molar-refractivity contribution is 6.11. The third-order valence-corrected chi connectivity index (χ3v) is 6.43. The smallest absolute Gasteiger partial charge is 0.356 e. The fourth-order valence-corrected chi connectivity index (χ4v) is 4.47. The summed E-state index contributed by atoms with van der Waals surface area (Å²) in [5, 5.41) is 3.81. The molecule has 1 amide bonds. The Labute approximate surface area is 193 Å². The SMILES string of the molecule is COC(=O)c1[nH]c2ccc(C)cc2c1NC(=O)[C@@H](C)[NH+]1CCN(c2ccccc2OC)CC1. The number of amides is 1. The molecule has 1 atom stereocenters. The summed E-state index contributed by atoms with van der Waals surface area (Å²) >= 11 is 0. The number of H-pyrrole nitrogens is 1. The lowest BCUT2D eigenvalue weighted by atomic mass is 10.1. The van der Waals surface area contributed by atoms with Crippen LogP contribution in [-0.2, 0) is 9.53 Å². The topological polar surface area (TPSA) is 88.1 Å². The Morgan fingerprint density at radius 2 is 1.85 bits per heavy atom. The highest BCUT2D eigenvalue weighted by Gasteiger charge is 2.31. The van der Waals surface area contributed by atoms with Crippen molar-refractivity contribution in [2.45, 2.75) is 19.9 Å². The van der Waals surface area contributed by atoms with Crippen molar-refractivity contribution in [3.05, 3.63) is 53.7 Å². The molecule has 3 N–H and O–H groups in total. The second kappa shape index (κ2) is 9.54. The third-order valence-electron chi connectivity index (χ3n) is 6.43. The number of esters is 1. The Hall–Kier alpha value is -3.52. The molecule has 8 nitrogen and oxygen atoms in total. The van der Waals surface area contributed by atoms with Crippen molar-refractivity contribution >= 4 is 34.2 Å². The number of carbonyl (C=O) groups excluding carboxylic acids is 2. The van der Waals surface area contributed by atoms with Gasteiger partial charge in [-0.3, -0.25) is 4.79 Å². The van der Waals surface area contributed by atoms with Crippen molar-refractivity contribution in [1.29, 1.82) is 0 Å². The fraction of sp³-hybridized carbons (Fsp3) is 0.360. The molecule has 1 aromatic heterocycles. The minimum absolute atomic E-state index is 0.122. The van der Waals surface area contributed by atoms with E-state index in [1.54, 1.807) is 7.11 Å². The number of hydrogen-bond donors (Lipinski definition) is 3. The van der Waals surface area contributed by atoms with Gasteiger partial charge in [-0.25, -0.2) is 4.79 Å². The van der Waals surface area contributed by atoms with Gasteiger partial charge in [-0.05, 0) is 38.1 Å². The summed E-state index contributed by atoms with van der Waals surface area (Å²) in [4.78, 5) is 32.1. The van der Waals surface area contributed by atoms with E-state index in [0.29, 0.717) is 5.69 Å². The number of hydrogen-bond acceptors (Lipinski definition) is 5. The molecule has 3 aromatic rings. The minimum atomic E-state index is -0.510. The van der Waals surface area contributed by atoms with Gasteiger partial charge in [0.2, 0.25) is 0 Å². The Kier molecular flexibility index (Phi) is 6.55. The van der Waals surface area contributed by atoms with Gasteiger partial charge in [-0.2, -0.15) is 0 Å².